The zero-order valence-corrected chi connectivity index (χ0v) is 12.4. The highest BCUT2D eigenvalue weighted by Crippen LogP contribution is 2.16. The molecule has 0 aliphatic rings. The Morgan fingerprint density at radius 2 is 1.89 bits per heavy atom. The summed E-state index contributed by atoms with van der Waals surface area (Å²) in [6.07, 6.45) is 1.49. The van der Waals surface area contributed by atoms with Gasteiger partial charge in [-0.2, -0.15) is 0 Å². The molecule has 19 heavy (non-hydrogen) atoms. The molecule has 4 heteroatoms. The van der Waals surface area contributed by atoms with Gasteiger partial charge in [-0.1, -0.05) is 12.1 Å². The van der Waals surface area contributed by atoms with Crippen molar-refractivity contribution in [3.8, 4) is 5.75 Å². The third kappa shape index (κ3) is 5.97. The SMILES string of the molecule is CCOC(=O)C(Cl)CCc1ccc(OC(C)C)cc1. The summed E-state index contributed by atoms with van der Waals surface area (Å²) in [6, 6.07) is 7.85. The van der Waals surface area contributed by atoms with Gasteiger partial charge >= 0.3 is 5.97 Å². The molecule has 1 unspecified atom stereocenters. The quantitative estimate of drug-likeness (QED) is 0.567. The van der Waals surface area contributed by atoms with Crippen LogP contribution in [0.1, 0.15) is 32.8 Å². The van der Waals surface area contributed by atoms with E-state index in [1.807, 2.05) is 38.1 Å². The number of alkyl halides is 1. The summed E-state index contributed by atoms with van der Waals surface area (Å²) in [5, 5.41) is -0.577. The molecule has 0 aliphatic carbocycles. The van der Waals surface area contributed by atoms with Crippen molar-refractivity contribution in [1.29, 1.82) is 0 Å². The summed E-state index contributed by atoms with van der Waals surface area (Å²) in [5.41, 5.74) is 1.13. The molecular weight excluding hydrogens is 264 g/mol. The van der Waals surface area contributed by atoms with E-state index in [-0.39, 0.29) is 12.1 Å². The summed E-state index contributed by atoms with van der Waals surface area (Å²) < 4.78 is 10.4. The number of benzene rings is 1. The second kappa shape index (κ2) is 8.05. The van der Waals surface area contributed by atoms with Gasteiger partial charge in [0, 0.05) is 0 Å². The lowest BCUT2D eigenvalue weighted by Crippen LogP contribution is -2.18. The van der Waals surface area contributed by atoms with Gasteiger partial charge in [0.15, 0.2) is 0 Å². The van der Waals surface area contributed by atoms with Crippen molar-refractivity contribution in [2.24, 2.45) is 0 Å². The lowest BCUT2D eigenvalue weighted by Gasteiger charge is -2.11. The second-order valence-corrected chi connectivity index (χ2v) is 5.10. The van der Waals surface area contributed by atoms with Crippen molar-refractivity contribution in [3.05, 3.63) is 29.8 Å². The largest absolute Gasteiger partial charge is 0.491 e. The Kier molecular flexibility index (Phi) is 6.71. The molecule has 1 aromatic rings. The molecule has 0 saturated carbocycles. The van der Waals surface area contributed by atoms with Crippen LogP contribution < -0.4 is 4.74 Å². The number of hydrogen-bond donors (Lipinski definition) is 0. The number of carbonyl (C=O) groups is 1. The maximum Gasteiger partial charge on any atom is 0.324 e. The van der Waals surface area contributed by atoms with Crippen LogP contribution in [0.2, 0.25) is 0 Å². The molecule has 0 radical (unpaired) electrons. The van der Waals surface area contributed by atoms with Crippen LogP contribution in [-0.2, 0) is 16.0 Å². The molecule has 1 aromatic carbocycles. The minimum absolute atomic E-state index is 0.168. The van der Waals surface area contributed by atoms with Crippen LogP contribution in [0.25, 0.3) is 0 Å². The fourth-order valence-corrected chi connectivity index (χ4v) is 1.82. The number of aryl methyl sites for hydroxylation is 1. The number of carbonyl (C=O) groups excluding carboxylic acids is 1. The molecule has 1 atom stereocenters. The van der Waals surface area contributed by atoms with Crippen LogP contribution >= 0.6 is 11.6 Å². The van der Waals surface area contributed by atoms with Gasteiger partial charge in [-0.25, -0.2) is 0 Å². The predicted octanol–water partition coefficient (Wildman–Crippen LogP) is 3.58. The number of esters is 1. The van der Waals surface area contributed by atoms with E-state index in [4.69, 9.17) is 21.1 Å². The molecule has 0 N–H and O–H groups in total. The first-order chi connectivity index (χ1) is 9.02. The predicted molar refractivity (Wildman–Crippen MR) is 76.8 cm³/mol. The monoisotopic (exact) mass is 284 g/mol. The minimum Gasteiger partial charge on any atom is -0.491 e. The molecule has 0 fully saturated rings. The molecule has 0 heterocycles. The Bertz CT molecular complexity index is 387. The Balaban J connectivity index is 2.43. The van der Waals surface area contributed by atoms with E-state index < -0.39 is 5.38 Å². The van der Waals surface area contributed by atoms with Crippen molar-refractivity contribution in [2.75, 3.05) is 6.61 Å². The Labute approximate surface area is 119 Å². The summed E-state index contributed by atoms with van der Waals surface area (Å²) in [4.78, 5) is 11.4. The van der Waals surface area contributed by atoms with Crippen LogP contribution in [0, 0.1) is 0 Å². The fraction of sp³-hybridized carbons (Fsp3) is 0.533. The van der Waals surface area contributed by atoms with E-state index >= 15 is 0 Å². The first-order valence-electron chi connectivity index (χ1n) is 6.59. The van der Waals surface area contributed by atoms with E-state index in [0.29, 0.717) is 13.0 Å². The van der Waals surface area contributed by atoms with Gasteiger partial charge in [-0.05, 0) is 51.3 Å². The third-order valence-corrected chi connectivity index (χ3v) is 2.92. The zero-order chi connectivity index (χ0) is 14.3. The molecule has 0 aliphatic heterocycles. The lowest BCUT2D eigenvalue weighted by atomic mass is 10.1. The molecule has 3 nitrogen and oxygen atoms in total. The Morgan fingerprint density at radius 3 is 2.42 bits per heavy atom. The maximum atomic E-state index is 11.4. The highest BCUT2D eigenvalue weighted by molar-refractivity contribution is 6.29. The first-order valence-corrected chi connectivity index (χ1v) is 7.03. The van der Waals surface area contributed by atoms with E-state index in [1.54, 1.807) is 6.92 Å². The van der Waals surface area contributed by atoms with Gasteiger partial charge in [0.2, 0.25) is 0 Å². The van der Waals surface area contributed by atoms with E-state index in [0.717, 1.165) is 17.7 Å². The zero-order valence-electron chi connectivity index (χ0n) is 11.7. The van der Waals surface area contributed by atoms with Crippen molar-refractivity contribution >= 4 is 17.6 Å². The van der Waals surface area contributed by atoms with E-state index in [1.165, 1.54) is 0 Å². The molecule has 106 valence electrons. The fourth-order valence-electron chi connectivity index (χ4n) is 1.65. The summed E-state index contributed by atoms with van der Waals surface area (Å²) in [7, 11) is 0. The molecular formula is C15H21ClO3. The smallest absolute Gasteiger partial charge is 0.324 e. The molecule has 1 rings (SSSR count). The Morgan fingerprint density at radius 1 is 1.26 bits per heavy atom. The molecule has 0 aromatic heterocycles. The Hall–Kier alpha value is -1.22. The third-order valence-electron chi connectivity index (χ3n) is 2.52. The highest BCUT2D eigenvalue weighted by atomic mass is 35.5. The summed E-state index contributed by atoms with van der Waals surface area (Å²) in [5.74, 6) is 0.510. The molecule has 0 bridgehead atoms. The average molecular weight is 285 g/mol. The standard InChI is InChI=1S/C15H21ClO3/c1-4-18-15(17)14(16)10-7-12-5-8-13(9-6-12)19-11(2)3/h5-6,8-9,11,14H,4,7,10H2,1-3H3. The van der Waals surface area contributed by atoms with Crippen LogP contribution in [0.3, 0.4) is 0 Å². The molecule has 0 saturated heterocycles. The molecule has 0 spiro atoms. The minimum atomic E-state index is -0.577. The van der Waals surface area contributed by atoms with Crippen molar-refractivity contribution in [1.82, 2.24) is 0 Å². The van der Waals surface area contributed by atoms with Gasteiger partial charge in [0.25, 0.3) is 0 Å². The maximum absolute atomic E-state index is 11.4. The highest BCUT2D eigenvalue weighted by Gasteiger charge is 2.15. The van der Waals surface area contributed by atoms with Crippen molar-refractivity contribution in [3.63, 3.8) is 0 Å². The van der Waals surface area contributed by atoms with Crippen molar-refractivity contribution < 1.29 is 14.3 Å². The van der Waals surface area contributed by atoms with Gasteiger partial charge in [-0.15, -0.1) is 11.6 Å². The number of ether oxygens (including phenoxy) is 2. The topological polar surface area (TPSA) is 35.5 Å². The summed E-state index contributed by atoms with van der Waals surface area (Å²) >= 11 is 5.96. The molecule has 0 amide bonds. The van der Waals surface area contributed by atoms with E-state index in [9.17, 15) is 4.79 Å². The van der Waals surface area contributed by atoms with Gasteiger partial charge < -0.3 is 9.47 Å². The number of hydrogen-bond acceptors (Lipinski definition) is 3. The van der Waals surface area contributed by atoms with E-state index in [2.05, 4.69) is 0 Å². The number of halogens is 1. The average Bonchev–Trinajstić information content (AvgIpc) is 2.37. The van der Waals surface area contributed by atoms with Crippen LogP contribution in [0.5, 0.6) is 5.75 Å². The van der Waals surface area contributed by atoms with Gasteiger partial charge in [0.05, 0.1) is 12.7 Å². The lowest BCUT2D eigenvalue weighted by molar-refractivity contribution is -0.142. The van der Waals surface area contributed by atoms with Crippen LogP contribution in [-0.4, -0.2) is 24.1 Å². The van der Waals surface area contributed by atoms with Crippen LogP contribution in [0.15, 0.2) is 24.3 Å². The first kappa shape index (κ1) is 15.8. The van der Waals surface area contributed by atoms with Gasteiger partial charge in [0.1, 0.15) is 11.1 Å². The second-order valence-electron chi connectivity index (χ2n) is 4.57. The normalized spacial score (nSPS) is 12.3. The van der Waals surface area contributed by atoms with Crippen LogP contribution in [0.4, 0.5) is 0 Å². The van der Waals surface area contributed by atoms with Crippen molar-refractivity contribution in [2.45, 2.75) is 45.1 Å². The number of rotatable bonds is 7. The van der Waals surface area contributed by atoms with Gasteiger partial charge in [-0.3, -0.25) is 4.79 Å². The summed E-state index contributed by atoms with van der Waals surface area (Å²) in [6.45, 7) is 6.12.